The lowest BCUT2D eigenvalue weighted by molar-refractivity contribution is -0.119. The number of nitrogens with zero attached hydrogens (tertiary/aromatic N) is 4. The number of amides is 2. The second kappa shape index (κ2) is 10.7. The lowest BCUT2D eigenvalue weighted by Crippen LogP contribution is -2.36. The third-order valence-corrected chi connectivity index (χ3v) is 9.20. The fraction of sp³-hybridized carbons (Fsp3) is 0.323. The first-order valence-electron chi connectivity index (χ1n) is 14.3. The Hall–Kier alpha value is -4.69. The monoisotopic (exact) mass is 667 g/mol. The number of aromatic nitrogens is 3. The Labute approximate surface area is 269 Å². The number of halogens is 1. The summed E-state index contributed by atoms with van der Waals surface area (Å²) in [5.41, 5.74) is -0.120. The standard InChI is InChI=1S/C31H30ClN5O8S/c1-6-44-24-13-18(46(5,42)43)15-33-26(24)34-25-19-9-7-16(11-23(19)37(35-25)29(41)45-30(2,3)4)21-14-31(21)20-12-17(32)8-10-22(20)36(27(31)38)28(39)40/h7-13,15,21H,6,14H2,1-5H3,(H,39,40)(H,33,34,35)/t21-,31-/m0/s1. The van der Waals surface area contributed by atoms with Crippen molar-refractivity contribution in [2.24, 2.45) is 0 Å². The lowest BCUT2D eigenvalue weighted by Gasteiger charge is -2.19. The maximum Gasteiger partial charge on any atom is 0.435 e. The van der Waals surface area contributed by atoms with Gasteiger partial charge in [-0.2, -0.15) is 4.68 Å². The molecule has 0 unspecified atom stereocenters. The molecule has 1 fully saturated rings. The number of ether oxygens (including phenoxy) is 2. The second-order valence-corrected chi connectivity index (χ2v) is 14.6. The molecule has 15 heteroatoms. The molecule has 6 rings (SSSR count). The number of carbonyl (C=O) groups excluding carboxylic acids is 2. The van der Waals surface area contributed by atoms with Crippen LogP contribution in [0.4, 0.5) is 26.9 Å². The number of nitrogens with one attached hydrogen (secondary N) is 1. The summed E-state index contributed by atoms with van der Waals surface area (Å²) < 4.78 is 36.6. The molecule has 2 aromatic heterocycles. The van der Waals surface area contributed by atoms with Crippen molar-refractivity contribution < 1.29 is 37.4 Å². The molecular formula is C31H30ClN5O8S. The molecule has 13 nitrogen and oxygen atoms in total. The number of sulfone groups is 1. The van der Waals surface area contributed by atoms with Gasteiger partial charge in [-0.1, -0.05) is 17.7 Å². The van der Waals surface area contributed by atoms with Crippen LogP contribution in [0.3, 0.4) is 0 Å². The Kier molecular flexibility index (Phi) is 7.28. The first kappa shape index (κ1) is 31.3. The molecular weight excluding hydrogens is 638 g/mol. The normalized spacial score (nSPS) is 19.0. The number of rotatable bonds is 6. The van der Waals surface area contributed by atoms with Crippen LogP contribution in [0.1, 0.15) is 51.2 Å². The lowest BCUT2D eigenvalue weighted by atomic mass is 9.92. The maximum absolute atomic E-state index is 13.6. The highest BCUT2D eigenvalue weighted by Crippen LogP contribution is 2.66. The zero-order valence-corrected chi connectivity index (χ0v) is 27.1. The zero-order valence-electron chi connectivity index (χ0n) is 25.5. The van der Waals surface area contributed by atoms with Gasteiger partial charge in [-0.15, -0.1) is 5.10 Å². The van der Waals surface area contributed by atoms with Gasteiger partial charge >= 0.3 is 12.2 Å². The van der Waals surface area contributed by atoms with Crippen LogP contribution in [-0.4, -0.2) is 64.8 Å². The van der Waals surface area contributed by atoms with E-state index in [1.165, 1.54) is 18.3 Å². The fourth-order valence-corrected chi connectivity index (χ4v) is 6.60. The Balaban J connectivity index is 1.45. The molecule has 4 aromatic rings. The van der Waals surface area contributed by atoms with E-state index in [0.717, 1.165) is 15.8 Å². The van der Waals surface area contributed by atoms with Crippen molar-refractivity contribution >= 4 is 67.8 Å². The largest absolute Gasteiger partial charge is 0.490 e. The van der Waals surface area contributed by atoms with Crippen molar-refractivity contribution in [2.75, 3.05) is 23.1 Å². The number of hydrogen-bond donors (Lipinski definition) is 2. The molecule has 1 aliphatic carbocycles. The molecule has 2 N–H and O–H groups in total. The molecule has 3 heterocycles. The van der Waals surface area contributed by atoms with E-state index >= 15 is 0 Å². The third-order valence-electron chi connectivity index (χ3n) is 7.88. The Bertz CT molecular complexity index is 2070. The van der Waals surface area contributed by atoms with Crippen LogP contribution < -0.4 is 15.0 Å². The minimum absolute atomic E-state index is 0.0283. The summed E-state index contributed by atoms with van der Waals surface area (Å²) in [6.45, 7) is 7.14. The summed E-state index contributed by atoms with van der Waals surface area (Å²) in [6, 6.07) is 11.3. The van der Waals surface area contributed by atoms with Gasteiger partial charge in [0.15, 0.2) is 27.2 Å². The molecule has 1 saturated carbocycles. The van der Waals surface area contributed by atoms with Gasteiger partial charge in [0, 0.05) is 34.8 Å². The van der Waals surface area contributed by atoms with Gasteiger partial charge in [0.1, 0.15) is 5.60 Å². The number of imide groups is 1. The van der Waals surface area contributed by atoms with Crippen molar-refractivity contribution in [3.8, 4) is 5.75 Å². The van der Waals surface area contributed by atoms with E-state index in [2.05, 4.69) is 15.4 Å². The Morgan fingerprint density at radius 1 is 1.15 bits per heavy atom. The number of pyridine rings is 1. The third kappa shape index (κ3) is 5.20. The van der Waals surface area contributed by atoms with Crippen LogP contribution in [-0.2, 0) is 24.8 Å². The summed E-state index contributed by atoms with van der Waals surface area (Å²) in [6.07, 6.45) is 0.463. The summed E-state index contributed by atoms with van der Waals surface area (Å²) in [5, 5.41) is 18.3. The Morgan fingerprint density at radius 2 is 1.89 bits per heavy atom. The topological polar surface area (TPSA) is 170 Å². The van der Waals surface area contributed by atoms with Gasteiger partial charge in [0.05, 0.1) is 28.1 Å². The predicted octanol–water partition coefficient (Wildman–Crippen LogP) is 5.86. The first-order chi connectivity index (χ1) is 21.5. The summed E-state index contributed by atoms with van der Waals surface area (Å²) >= 11 is 6.27. The fourth-order valence-electron chi connectivity index (χ4n) is 5.86. The van der Waals surface area contributed by atoms with Crippen molar-refractivity contribution in [3.63, 3.8) is 0 Å². The minimum Gasteiger partial charge on any atom is -0.490 e. The smallest absolute Gasteiger partial charge is 0.435 e. The highest BCUT2D eigenvalue weighted by Gasteiger charge is 2.68. The van der Waals surface area contributed by atoms with Gasteiger partial charge in [-0.05, 0) is 75.6 Å². The molecule has 2 atom stereocenters. The average Bonchev–Trinajstić information content (AvgIpc) is 3.55. The number of carbonyl (C=O) groups is 3. The highest BCUT2D eigenvalue weighted by molar-refractivity contribution is 7.90. The predicted molar refractivity (Wildman–Crippen MR) is 169 cm³/mol. The van der Waals surface area contributed by atoms with E-state index < -0.39 is 44.9 Å². The van der Waals surface area contributed by atoms with E-state index in [-0.39, 0.29) is 34.6 Å². The zero-order chi connectivity index (χ0) is 33.3. The van der Waals surface area contributed by atoms with Crippen LogP contribution in [0.25, 0.3) is 10.9 Å². The molecule has 0 saturated heterocycles. The molecule has 240 valence electrons. The highest BCUT2D eigenvalue weighted by atomic mass is 35.5. The molecule has 2 amide bonds. The number of benzene rings is 2. The van der Waals surface area contributed by atoms with Crippen molar-refractivity contribution in [2.45, 2.75) is 55.9 Å². The molecule has 1 aliphatic heterocycles. The van der Waals surface area contributed by atoms with Crippen LogP contribution in [0.2, 0.25) is 5.02 Å². The molecule has 2 aromatic carbocycles. The van der Waals surface area contributed by atoms with Crippen molar-refractivity contribution in [1.29, 1.82) is 0 Å². The summed E-state index contributed by atoms with van der Waals surface area (Å²) in [5.74, 6) is -0.405. The molecule has 1 spiro atoms. The van der Waals surface area contributed by atoms with E-state index in [0.29, 0.717) is 33.5 Å². The second-order valence-electron chi connectivity index (χ2n) is 12.2. The van der Waals surface area contributed by atoms with Gasteiger partial charge in [0.2, 0.25) is 5.91 Å². The van der Waals surface area contributed by atoms with Crippen molar-refractivity contribution in [1.82, 2.24) is 14.8 Å². The number of anilines is 3. The van der Waals surface area contributed by atoms with Crippen LogP contribution in [0.15, 0.2) is 53.6 Å². The van der Waals surface area contributed by atoms with E-state index in [4.69, 9.17) is 21.1 Å². The minimum atomic E-state index is -3.56. The van der Waals surface area contributed by atoms with Crippen LogP contribution >= 0.6 is 11.6 Å². The number of hydrogen-bond acceptors (Lipinski definition) is 10. The molecule has 2 aliphatic rings. The summed E-state index contributed by atoms with van der Waals surface area (Å²) in [4.78, 5) is 44.0. The SMILES string of the molecule is CCOc1cc(S(C)(=O)=O)cnc1Nc1nn(C(=O)OC(C)(C)C)c2cc([C@@H]3C[C@@]34C(=O)N(C(=O)O)c3ccc(Cl)cc34)ccc12. The number of fused-ring (bicyclic) bond motifs is 3. The van der Waals surface area contributed by atoms with Gasteiger partial charge < -0.3 is 19.9 Å². The van der Waals surface area contributed by atoms with Crippen LogP contribution in [0.5, 0.6) is 5.75 Å². The molecule has 0 radical (unpaired) electrons. The number of carboxylic acid groups (broad SMARTS) is 1. The van der Waals surface area contributed by atoms with Gasteiger partial charge in [-0.25, -0.2) is 27.9 Å². The molecule has 0 bridgehead atoms. The first-order valence-corrected chi connectivity index (χ1v) is 16.6. The quantitative estimate of drug-likeness (QED) is 0.252. The maximum atomic E-state index is 13.6. The summed E-state index contributed by atoms with van der Waals surface area (Å²) in [7, 11) is -3.56. The average molecular weight is 668 g/mol. The van der Waals surface area contributed by atoms with E-state index in [9.17, 15) is 27.9 Å². The van der Waals surface area contributed by atoms with Gasteiger partial charge in [-0.3, -0.25) is 4.79 Å². The van der Waals surface area contributed by atoms with Gasteiger partial charge in [0.25, 0.3) is 0 Å². The molecule has 46 heavy (non-hydrogen) atoms. The van der Waals surface area contributed by atoms with Crippen molar-refractivity contribution in [3.05, 3.63) is 64.8 Å². The van der Waals surface area contributed by atoms with E-state index in [1.54, 1.807) is 58.0 Å². The van der Waals surface area contributed by atoms with Crippen LogP contribution in [0, 0.1) is 0 Å². The Morgan fingerprint density at radius 3 is 2.54 bits per heavy atom. The van der Waals surface area contributed by atoms with E-state index in [1.807, 2.05) is 0 Å².